The van der Waals surface area contributed by atoms with Gasteiger partial charge in [0.05, 0.1) is 0 Å². The summed E-state index contributed by atoms with van der Waals surface area (Å²) >= 11 is 5.98. The lowest BCUT2D eigenvalue weighted by molar-refractivity contribution is 0.526. The maximum atomic E-state index is 5.98. The molecule has 0 aliphatic rings. The monoisotopic (exact) mass is 263 g/mol. The average Bonchev–Trinajstić information content (AvgIpc) is 2.75. The van der Waals surface area contributed by atoms with Crippen molar-refractivity contribution in [3.8, 4) is 0 Å². The van der Waals surface area contributed by atoms with Crippen molar-refractivity contribution in [2.24, 2.45) is 0 Å². The Hall–Kier alpha value is -1.32. The Kier molecular flexibility index (Phi) is 4.39. The minimum Gasteiger partial charge on any atom is -0.334 e. The molecule has 0 amide bonds. The molecule has 3 nitrogen and oxygen atoms in total. The number of imidazole rings is 1. The lowest BCUT2D eigenvalue weighted by atomic mass is 10.1. The van der Waals surface area contributed by atoms with Crippen LogP contribution in [0.5, 0.6) is 0 Å². The van der Waals surface area contributed by atoms with Crippen molar-refractivity contribution >= 4 is 11.6 Å². The molecule has 0 unspecified atom stereocenters. The van der Waals surface area contributed by atoms with Gasteiger partial charge < -0.3 is 9.88 Å². The predicted octanol–water partition coefficient (Wildman–Crippen LogP) is 3.20. The number of rotatable bonds is 5. The second-order valence-electron chi connectivity index (χ2n) is 4.40. The highest BCUT2D eigenvalue weighted by Gasteiger charge is 2.05. The van der Waals surface area contributed by atoms with Crippen molar-refractivity contribution in [2.75, 3.05) is 6.54 Å². The molecule has 96 valence electrons. The highest BCUT2D eigenvalue weighted by molar-refractivity contribution is 6.30. The second-order valence-corrected chi connectivity index (χ2v) is 4.84. The van der Waals surface area contributed by atoms with E-state index in [1.165, 1.54) is 5.56 Å². The summed E-state index contributed by atoms with van der Waals surface area (Å²) < 4.78 is 2.14. The number of hydrogen-bond donors (Lipinski definition) is 1. The van der Waals surface area contributed by atoms with Crippen LogP contribution in [0.2, 0.25) is 5.02 Å². The minimum absolute atomic E-state index is 0.299. The van der Waals surface area contributed by atoms with Gasteiger partial charge in [0.2, 0.25) is 0 Å². The van der Waals surface area contributed by atoms with Crippen LogP contribution in [0.15, 0.2) is 36.7 Å². The molecular weight excluding hydrogens is 246 g/mol. The first kappa shape index (κ1) is 13.1. The summed E-state index contributed by atoms with van der Waals surface area (Å²) in [7, 11) is 0. The van der Waals surface area contributed by atoms with Crippen molar-refractivity contribution in [3.05, 3.63) is 53.1 Å². The Bertz CT molecular complexity index is 507. The van der Waals surface area contributed by atoms with Gasteiger partial charge in [-0.3, -0.25) is 0 Å². The van der Waals surface area contributed by atoms with Crippen molar-refractivity contribution in [3.63, 3.8) is 0 Å². The first-order valence-corrected chi connectivity index (χ1v) is 6.51. The fourth-order valence-electron chi connectivity index (χ4n) is 1.94. The number of aromatic nitrogens is 2. The molecule has 1 heterocycles. The number of halogens is 1. The average molecular weight is 264 g/mol. The molecule has 2 aromatic rings. The van der Waals surface area contributed by atoms with E-state index in [4.69, 9.17) is 11.6 Å². The van der Waals surface area contributed by atoms with Gasteiger partial charge in [-0.05, 0) is 31.5 Å². The Morgan fingerprint density at radius 2 is 2.28 bits per heavy atom. The molecule has 0 bridgehead atoms. The highest BCUT2D eigenvalue weighted by Crippen LogP contribution is 2.17. The molecular formula is C14H18ClN3. The fourth-order valence-corrected chi connectivity index (χ4v) is 2.13. The van der Waals surface area contributed by atoms with Crippen LogP contribution in [0.4, 0.5) is 0 Å². The molecule has 0 fully saturated rings. The fraction of sp³-hybridized carbons (Fsp3) is 0.357. The quantitative estimate of drug-likeness (QED) is 0.898. The van der Waals surface area contributed by atoms with Gasteiger partial charge in [0, 0.05) is 36.5 Å². The zero-order valence-electron chi connectivity index (χ0n) is 10.7. The van der Waals surface area contributed by atoms with Gasteiger partial charge in [-0.2, -0.15) is 0 Å². The van der Waals surface area contributed by atoms with E-state index < -0.39 is 0 Å². The first-order valence-electron chi connectivity index (χ1n) is 6.13. The number of benzene rings is 1. The van der Waals surface area contributed by atoms with Crippen molar-refractivity contribution in [2.45, 2.75) is 26.4 Å². The highest BCUT2D eigenvalue weighted by atomic mass is 35.5. The third-order valence-electron chi connectivity index (χ3n) is 3.08. The predicted molar refractivity (Wildman–Crippen MR) is 74.8 cm³/mol. The van der Waals surface area contributed by atoms with Crippen LogP contribution in [-0.4, -0.2) is 16.1 Å². The van der Waals surface area contributed by atoms with E-state index in [0.29, 0.717) is 6.04 Å². The maximum absolute atomic E-state index is 5.98. The van der Waals surface area contributed by atoms with Crippen LogP contribution in [0.25, 0.3) is 0 Å². The van der Waals surface area contributed by atoms with E-state index in [0.717, 1.165) is 23.9 Å². The van der Waals surface area contributed by atoms with Gasteiger partial charge in [0.25, 0.3) is 0 Å². The number of nitrogens with zero attached hydrogens (tertiary/aromatic N) is 2. The summed E-state index contributed by atoms with van der Waals surface area (Å²) in [5.41, 5.74) is 1.21. The third-order valence-corrected chi connectivity index (χ3v) is 3.31. The summed E-state index contributed by atoms with van der Waals surface area (Å²) in [4.78, 5) is 4.20. The summed E-state index contributed by atoms with van der Waals surface area (Å²) in [6, 6.07) is 8.27. The molecule has 0 spiro atoms. The smallest absolute Gasteiger partial charge is 0.105 e. The topological polar surface area (TPSA) is 29.9 Å². The molecule has 0 aliphatic heterocycles. The van der Waals surface area contributed by atoms with Gasteiger partial charge in [-0.15, -0.1) is 0 Å². The zero-order valence-corrected chi connectivity index (χ0v) is 11.5. The Labute approximate surface area is 113 Å². The standard InChI is InChI=1S/C14H18ClN3/c1-11(13-4-3-5-14(15)10-13)16-6-8-18-9-7-17-12(18)2/h3-5,7,9-11,16H,6,8H2,1-2H3/t11-/m1/s1. The van der Waals surface area contributed by atoms with E-state index in [1.54, 1.807) is 0 Å². The van der Waals surface area contributed by atoms with E-state index in [1.807, 2.05) is 37.5 Å². The van der Waals surface area contributed by atoms with Gasteiger partial charge in [-0.1, -0.05) is 23.7 Å². The van der Waals surface area contributed by atoms with E-state index in [2.05, 4.69) is 27.9 Å². The van der Waals surface area contributed by atoms with Crippen LogP contribution in [0.1, 0.15) is 24.4 Å². The van der Waals surface area contributed by atoms with Crippen LogP contribution < -0.4 is 5.32 Å². The molecule has 4 heteroatoms. The summed E-state index contributed by atoms with van der Waals surface area (Å²) in [6.07, 6.45) is 3.83. The van der Waals surface area contributed by atoms with Crippen molar-refractivity contribution < 1.29 is 0 Å². The SMILES string of the molecule is Cc1nccn1CCN[C@H](C)c1cccc(Cl)c1. The first-order chi connectivity index (χ1) is 8.66. The molecule has 0 saturated carbocycles. The Balaban J connectivity index is 1.85. The molecule has 1 aromatic carbocycles. The zero-order chi connectivity index (χ0) is 13.0. The lowest BCUT2D eigenvalue weighted by Crippen LogP contribution is -2.23. The van der Waals surface area contributed by atoms with E-state index >= 15 is 0 Å². The number of aryl methyl sites for hydroxylation is 1. The Morgan fingerprint density at radius 3 is 2.94 bits per heavy atom. The van der Waals surface area contributed by atoms with Gasteiger partial charge in [0.15, 0.2) is 0 Å². The second kappa shape index (κ2) is 6.03. The summed E-state index contributed by atoms with van der Waals surface area (Å²) in [5.74, 6) is 1.05. The largest absolute Gasteiger partial charge is 0.334 e. The van der Waals surface area contributed by atoms with Crippen LogP contribution in [-0.2, 0) is 6.54 Å². The summed E-state index contributed by atoms with van der Waals surface area (Å²) in [6.45, 7) is 5.99. The lowest BCUT2D eigenvalue weighted by Gasteiger charge is -2.15. The molecule has 1 atom stereocenters. The number of nitrogens with one attached hydrogen (secondary N) is 1. The van der Waals surface area contributed by atoms with Crippen LogP contribution in [0.3, 0.4) is 0 Å². The normalized spacial score (nSPS) is 12.6. The van der Waals surface area contributed by atoms with E-state index in [-0.39, 0.29) is 0 Å². The Morgan fingerprint density at radius 1 is 1.44 bits per heavy atom. The molecule has 18 heavy (non-hydrogen) atoms. The minimum atomic E-state index is 0.299. The number of hydrogen-bond acceptors (Lipinski definition) is 2. The van der Waals surface area contributed by atoms with E-state index in [9.17, 15) is 0 Å². The maximum Gasteiger partial charge on any atom is 0.105 e. The van der Waals surface area contributed by atoms with Crippen LogP contribution >= 0.6 is 11.6 Å². The van der Waals surface area contributed by atoms with Crippen molar-refractivity contribution in [1.29, 1.82) is 0 Å². The molecule has 0 aliphatic carbocycles. The summed E-state index contributed by atoms with van der Waals surface area (Å²) in [5, 5.41) is 4.27. The van der Waals surface area contributed by atoms with Gasteiger partial charge in [0.1, 0.15) is 5.82 Å². The van der Waals surface area contributed by atoms with Crippen molar-refractivity contribution in [1.82, 2.24) is 14.9 Å². The van der Waals surface area contributed by atoms with Gasteiger partial charge in [-0.25, -0.2) is 4.98 Å². The third kappa shape index (κ3) is 3.34. The molecule has 0 saturated heterocycles. The van der Waals surface area contributed by atoms with Crippen LogP contribution in [0, 0.1) is 6.92 Å². The molecule has 1 aromatic heterocycles. The molecule has 2 rings (SSSR count). The molecule has 0 radical (unpaired) electrons. The molecule has 1 N–H and O–H groups in total. The van der Waals surface area contributed by atoms with Gasteiger partial charge >= 0.3 is 0 Å².